The summed E-state index contributed by atoms with van der Waals surface area (Å²) in [5.41, 5.74) is 7.20. The first kappa shape index (κ1) is 25.8. The van der Waals surface area contributed by atoms with Gasteiger partial charge >= 0.3 is 0 Å². The van der Waals surface area contributed by atoms with Gasteiger partial charge < -0.3 is 0 Å². The van der Waals surface area contributed by atoms with Crippen molar-refractivity contribution in [2.45, 2.75) is 25.7 Å². The highest BCUT2D eigenvalue weighted by atomic mass is 32.2. The molecule has 0 unspecified atom stereocenters. The van der Waals surface area contributed by atoms with Gasteiger partial charge in [-0.3, -0.25) is 9.59 Å². The summed E-state index contributed by atoms with van der Waals surface area (Å²) < 4.78 is 0. The van der Waals surface area contributed by atoms with E-state index in [4.69, 9.17) is 0 Å². The van der Waals surface area contributed by atoms with Crippen LogP contribution in [0.1, 0.15) is 36.8 Å². The van der Waals surface area contributed by atoms with Crippen molar-refractivity contribution in [2.75, 3.05) is 11.5 Å². The minimum Gasteiger partial charge on any atom is -0.273 e. The van der Waals surface area contributed by atoms with Crippen molar-refractivity contribution in [2.24, 2.45) is 10.2 Å². The van der Waals surface area contributed by atoms with E-state index in [9.17, 15) is 9.59 Å². The van der Waals surface area contributed by atoms with Crippen LogP contribution >= 0.6 is 11.8 Å². The van der Waals surface area contributed by atoms with Crippen LogP contribution in [-0.2, 0) is 9.59 Å². The number of carbonyl (C=O) groups is 2. The molecule has 6 nitrogen and oxygen atoms in total. The van der Waals surface area contributed by atoms with Gasteiger partial charge in [-0.2, -0.15) is 22.0 Å². The second kappa shape index (κ2) is 17.1. The Balaban J connectivity index is 1.42. The van der Waals surface area contributed by atoms with Crippen molar-refractivity contribution >= 4 is 48.2 Å². The number of hydrogen-bond acceptors (Lipinski definition) is 5. The molecule has 2 aromatic carbocycles. The monoisotopic (exact) mass is 462 g/mol. The normalized spacial score (nSPS) is 11.6. The van der Waals surface area contributed by atoms with Gasteiger partial charge in [0.1, 0.15) is 0 Å². The molecule has 0 aromatic heterocycles. The fourth-order valence-corrected chi connectivity index (χ4v) is 3.53. The van der Waals surface area contributed by atoms with Crippen LogP contribution in [0.2, 0.25) is 0 Å². The van der Waals surface area contributed by atoms with Crippen molar-refractivity contribution < 1.29 is 9.59 Å². The lowest BCUT2D eigenvalue weighted by Gasteiger charge is -2.02. The molecule has 2 amide bonds. The number of thioether (sulfide) groups is 1. The van der Waals surface area contributed by atoms with Gasteiger partial charge in [0.25, 0.3) is 0 Å². The summed E-state index contributed by atoms with van der Waals surface area (Å²) in [6, 6.07) is 19.8. The standard InChI is InChI=1S/C26H30N4O2S/c31-25(29-27-19-7-15-23-11-3-1-4-12-23)17-9-21-33-22-10-18-26(32)30-28-20-8-16-24-13-5-2-6-14-24/h1-8,11-16,19-20H,9-10,17-18,21-22H2,(H,29,31)(H,30,32)/b15-7+,16-8+,27-19+,28-20+. The van der Waals surface area contributed by atoms with E-state index in [0.717, 1.165) is 35.5 Å². The topological polar surface area (TPSA) is 82.9 Å². The molecular weight excluding hydrogens is 432 g/mol. The van der Waals surface area contributed by atoms with E-state index >= 15 is 0 Å². The lowest BCUT2D eigenvalue weighted by Crippen LogP contribution is -2.17. The van der Waals surface area contributed by atoms with E-state index in [1.54, 1.807) is 36.3 Å². The van der Waals surface area contributed by atoms with Crippen molar-refractivity contribution in [1.82, 2.24) is 10.9 Å². The largest absolute Gasteiger partial charge is 0.273 e. The number of rotatable bonds is 14. The Morgan fingerprint density at radius 1 is 0.697 bits per heavy atom. The van der Waals surface area contributed by atoms with Gasteiger partial charge in [0.05, 0.1) is 0 Å². The minimum absolute atomic E-state index is 0.0986. The molecule has 2 aromatic rings. The van der Waals surface area contributed by atoms with Crippen LogP contribution in [0.5, 0.6) is 0 Å². The van der Waals surface area contributed by atoms with Gasteiger partial charge in [0.2, 0.25) is 11.8 Å². The number of hydrazone groups is 2. The highest BCUT2D eigenvalue weighted by Gasteiger charge is 2.01. The summed E-state index contributed by atoms with van der Waals surface area (Å²) >= 11 is 1.74. The Hall–Kier alpha value is -3.45. The number of amides is 2. The molecule has 2 rings (SSSR count). The SMILES string of the molecule is O=C(CCCSCCCC(=O)N/N=C/C=C/c1ccccc1)N/N=C/C=C/c1ccccc1. The van der Waals surface area contributed by atoms with Crippen molar-refractivity contribution in [3.63, 3.8) is 0 Å². The molecule has 0 heterocycles. The zero-order valence-electron chi connectivity index (χ0n) is 18.6. The molecule has 0 saturated carbocycles. The number of nitrogens with one attached hydrogen (secondary N) is 2. The number of nitrogens with zero attached hydrogens (tertiary/aromatic N) is 2. The van der Waals surface area contributed by atoms with Crippen molar-refractivity contribution in [1.29, 1.82) is 0 Å². The fraction of sp³-hybridized carbons (Fsp3) is 0.231. The first-order valence-corrected chi connectivity index (χ1v) is 12.0. The van der Waals surface area contributed by atoms with Gasteiger partial charge in [-0.1, -0.05) is 72.8 Å². The zero-order valence-corrected chi connectivity index (χ0v) is 19.4. The van der Waals surface area contributed by atoms with E-state index < -0.39 is 0 Å². The van der Waals surface area contributed by atoms with Crippen LogP contribution in [0.25, 0.3) is 12.2 Å². The third-order valence-corrected chi connectivity index (χ3v) is 5.42. The maximum atomic E-state index is 11.8. The van der Waals surface area contributed by atoms with Crippen LogP contribution in [0, 0.1) is 0 Å². The average Bonchev–Trinajstić information content (AvgIpc) is 2.84. The van der Waals surface area contributed by atoms with Crippen LogP contribution < -0.4 is 10.9 Å². The predicted molar refractivity (Wildman–Crippen MR) is 140 cm³/mol. The summed E-state index contributed by atoms with van der Waals surface area (Å²) in [6.07, 6.45) is 12.9. The molecule has 172 valence electrons. The van der Waals surface area contributed by atoms with E-state index in [0.29, 0.717) is 12.8 Å². The second-order valence-corrected chi connectivity index (χ2v) is 8.21. The van der Waals surface area contributed by atoms with E-state index in [-0.39, 0.29) is 11.8 Å². The molecule has 0 aliphatic carbocycles. The third kappa shape index (κ3) is 13.5. The molecular formula is C26H30N4O2S. The maximum Gasteiger partial charge on any atom is 0.240 e. The highest BCUT2D eigenvalue weighted by molar-refractivity contribution is 7.99. The van der Waals surface area contributed by atoms with Crippen molar-refractivity contribution in [3.05, 3.63) is 83.9 Å². The maximum absolute atomic E-state index is 11.8. The molecule has 0 saturated heterocycles. The second-order valence-electron chi connectivity index (χ2n) is 6.99. The summed E-state index contributed by atoms with van der Waals surface area (Å²) in [6.45, 7) is 0. The highest BCUT2D eigenvalue weighted by Crippen LogP contribution is 2.08. The summed E-state index contributed by atoms with van der Waals surface area (Å²) in [7, 11) is 0. The van der Waals surface area contributed by atoms with Gasteiger partial charge in [-0.05, 0) is 47.6 Å². The van der Waals surface area contributed by atoms with Crippen LogP contribution in [0.4, 0.5) is 0 Å². The first-order chi connectivity index (χ1) is 16.2. The molecule has 33 heavy (non-hydrogen) atoms. The number of carbonyl (C=O) groups excluding carboxylic acids is 2. The number of benzene rings is 2. The quantitative estimate of drug-likeness (QED) is 0.238. The van der Waals surface area contributed by atoms with Crippen LogP contribution in [0.15, 0.2) is 83.0 Å². The Morgan fingerprint density at radius 3 is 1.55 bits per heavy atom. The summed E-state index contributed by atoms with van der Waals surface area (Å²) in [5.74, 6) is 1.54. The molecule has 7 heteroatoms. The van der Waals surface area contributed by atoms with Crippen molar-refractivity contribution in [3.8, 4) is 0 Å². The van der Waals surface area contributed by atoms with Gasteiger partial charge in [0, 0.05) is 25.3 Å². The van der Waals surface area contributed by atoms with E-state index in [1.165, 1.54) is 0 Å². The molecule has 0 bridgehead atoms. The number of allylic oxidation sites excluding steroid dienone is 2. The Morgan fingerprint density at radius 2 is 1.12 bits per heavy atom. The lowest BCUT2D eigenvalue weighted by atomic mass is 10.2. The Kier molecular flexibility index (Phi) is 13.4. The van der Waals surface area contributed by atoms with Crippen LogP contribution in [-0.4, -0.2) is 35.7 Å². The Labute approximate surface area is 199 Å². The van der Waals surface area contributed by atoms with Crippen LogP contribution in [0.3, 0.4) is 0 Å². The molecule has 0 spiro atoms. The molecule has 0 radical (unpaired) electrons. The average molecular weight is 463 g/mol. The lowest BCUT2D eigenvalue weighted by molar-refractivity contribution is -0.121. The summed E-state index contributed by atoms with van der Waals surface area (Å²) in [4.78, 5) is 23.5. The van der Waals surface area contributed by atoms with Gasteiger partial charge in [-0.15, -0.1) is 0 Å². The predicted octanol–water partition coefficient (Wildman–Crippen LogP) is 4.91. The molecule has 2 N–H and O–H groups in total. The first-order valence-electron chi connectivity index (χ1n) is 10.9. The zero-order chi connectivity index (χ0) is 23.4. The molecule has 0 fully saturated rings. The van der Waals surface area contributed by atoms with Gasteiger partial charge in [0.15, 0.2) is 0 Å². The smallest absolute Gasteiger partial charge is 0.240 e. The Bertz CT molecular complexity index is 864. The molecule has 0 aliphatic heterocycles. The van der Waals surface area contributed by atoms with Gasteiger partial charge in [-0.25, -0.2) is 10.9 Å². The van der Waals surface area contributed by atoms with E-state index in [1.807, 2.05) is 72.8 Å². The molecule has 0 atom stereocenters. The van der Waals surface area contributed by atoms with E-state index in [2.05, 4.69) is 21.1 Å². The molecule has 0 aliphatic rings. The third-order valence-electron chi connectivity index (χ3n) is 4.26. The minimum atomic E-state index is -0.0986. The summed E-state index contributed by atoms with van der Waals surface area (Å²) in [5, 5.41) is 7.81. The fourth-order valence-electron chi connectivity index (χ4n) is 2.62. The number of hydrogen-bond donors (Lipinski definition) is 2.